The van der Waals surface area contributed by atoms with Crippen molar-refractivity contribution in [3.8, 4) is 0 Å². The SMILES string of the molecule is CC1(CNC2CCC23CCCCC3)COC1. The molecule has 1 N–H and O–H groups in total. The molecule has 0 radical (unpaired) electrons. The van der Waals surface area contributed by atoms with E-state index < -0.39 is 0 Å². The van der Waals surface area contributed by atoms with Gasteiger partial charge in [-0.2, -0.15) is 0 Å². The molecule has 2 saturated carbocycles. The Balaban J connectivity index is 1.51. The van der Waals surface area contributed by atoms with Crippen molar-refractivity contribution in [3.05, 3.63) is 0 Å². The van der Waals surface area contributed by atoms with Gasteiger partial charge in [0.2, 0.25) is 0 Å². The third-order valence-electron chi connectivity index (χ3n) is 5.20. The van der Waals surface area contributed by atoms with E-state index in [1.54, 1.807) is 0 Å². The first kappa shape index (κ1) is 11.0. The summed E-state index contributed by atoms with van der Waals surface area (Å²) in [6.07, 6.45) is 10.3. The van der Waals surface area contributed by atoms with Crippen LogP contribution >= 0.6 is 0 Å². The molecule has 1 aliphatic heterocycles. The van der Waals surface area contributed by atoms with Crippen LogP contribution in [0.1, 0.15) is 51.9 Å². The molecule has 1 unspecified atom stereocenters. The summed E-state index contributed by atoms with van der Waals surface area (Å²) in [6.45, 7) is 5.43. The highest BCUT2D eigenvalue weighted by Crippen LogP contribution is 2.51. The van der Waals surface area contributed by atoms with Crippen LogP contribution in [0.25, 0.3) is 0 Å². The summed E-state index contributed by atoms with van der Waals surface area (Å²) >= 11 is 0. The van der Waals surface area contributed by atoms with Gasteiger partial charge < -0.3 is 10.1 Å². The molecule has 2 nitrogen and oxygen atoms in total. The Morgan fingerprint density at radius 3 is 2.38 bits per heavy atom. The fourth-order valence-corrected chi connectivity index (χ4v) is 3.79. The van der Waals surface area contributed by atoms with Gasteiger partial charge in [-0.25, -0.2) is 0 Å². The summed E-state index contributed by atoms with van der Waals surface area (Å²) in [5.74, 6) is 0. The van der Waals surface area contributed by atoms with E-state index in [1.165, 1.54) is 51.5 Å². The first-order chi connectivity index (χ1) is 7.73. The second-order valence-corrected chi connectivity index (χ2v) is 6.70. The zero-order chi connectivity index (χ0) is 11.1. The molecule has 0 aromatic rings. The standard InChI is InChI=1S/C14H25NO/c1-13(10-16-11-13)9-15-12-5-8-14(12)6-3-2-4-7-14/h12,15H,2-11H2,1H3. The summed E-state index contributed by atoms with van der Waals surface area (Å²) in [5.41, 5.74) is 1.14. The molecule has 3 aliphatic rings. The van der Waals surface area contributed by atoms with E-state index in [9.17, 15) is 0 Å². The van der Waals surface area contributed by atoms with Crippen molar-refractivity contribution < 1.29 is 4.74 Å². The monoisotopic (exact) mass is 223 g/mol. The molecule has 2 aliphatic carbocycles. The zero-order valence-electron chi connectivity index (χ0n) is 10.6. The van der Waals surface area contributed by atoms with Gasteiger partial charge in [-0.1, -0.05) is 26.2 Å². The van der Waals surface area contributed by atoms with Crippen molar-refractivity contribution in [3.63, 3.8) is 0 Å². The summed E-state index contributed by atoms with van der Waals surface area (Å²) in [6, 6.07) is 0.824. The third kappa shape index (κ3) is 1.80. The van der Waals surface area contributed by atoms with E-state index in [1.807, 2.05) is 0 Å². The van der Waals surface area contributed by atoms with Gasteiger partial charge in [-0.05, 0) is 31.1 Å². The molecule has 0 aromatic heterocycles. The van der Waals surface area contributed by atoms with E-state index in [4.69, 9.17) is 4.74 Å². The van der Waals surface area contributed by atoms with Crippen molar-refractivity contribution in [1.29, 1.82) is 0 Å². The van der Waals surface area contributed by atoms with Crippen LogP contribution in [-0.2, 0) is 4.74 Å². The van der Waals surface area contributed by atoms with E-state index in [0.717, 1.165) is 19.3 Å². The average Bonchev–Trinajstić information content (AvgIpc) is 2.27. The summed E-state index contributed by atoms with van der Waals surface area (Å²) in [5, 5.41) is 3.84. The van der Waals surface area contributed by atoms with E-state index >= 15 is 0 Å². The molecule has 3 fully saturated rings. The summed E-state index contributed by atoms with van der Waals surface area (Å²) in [7, 11) is 0. The molecule has 0 aromatic carbocycles. The van der Waals surface area contributed by atoms with Gasteiger partial charge in [0, 0.05) is 18.0 Å². The van der Waals surface area contributed by atoms with Crippen LogP contribution in [0, 0.1) is 10.8 Å². The third-order valence-corrected chi connectivity index (χ3v) is 5.20. The van der Waals surface area contributed by atoms with Gasteiger partial charge in [0.25, 0.3) is 0 Å². The lowest BCUT2D eigenvalue weighted by atomic mass is 9.57. The topological polar surface area (TPSA) is 21.3 Å². The van der Waals surface area contributed by atoms with Crippen LogP contribution in [0.2, 0.25) is 0 Å². The molecule has 2 heteroatoms. The molecule has 3 rings (SSSR count). The molecule has 1 spiro atoms. The molecule has 1 atom stereocenters. The van der Waals surface area contributed by atoms with Crippen molar-refractivity contribution in [1.82, 2.24) is 5.32 Å². The van der Waals surface area contributed by atoms with Crippen LogP contribution in [0.5, 0.6) is 0 Å². The van der Waals surface area contributed by atoms with Crippen LogP contribution in [-0.4, -0.2) is 25.8 Å². The minimum atomic E-state index is 0.436. The zero-order valence-corrected chi connectivity index (χ0v) is 10.6. The van der Waals surface area contributed by atoms with E-state index in [0.29, 0.717) is 10.8 Å². The van der Waals surface area contributed by atoms with Crippen LogP contribution in [0.15, 0.2) is 0 Å². The Kier molecular flexibility index (Phi) is 2.75. The predicted octanol–water partition coefficient (Wildman–Crippen LogP) is 2.73. The molecule has 1 heterocycles. The van der Waals surface area contributed by atoms with Crippen molar-refractivity contribution in [2.45, 2.75) is 57.9 Å². The maximum Gasteiger partial charge on any atom is 0.0554 e. The molecule has 1 saturated heterocycles. The van der Waals surface area contributed by atoms with E-state index in [-0.39, 0.29) is 0 Å². The van der Waals surface area contributed by atoms with Gasteiger partial charge >= 0.3 is 0 Å². The van der Waals surface area contributed by atoms with Crippen molar-refractivity contribution in [2.24, 2.45) is 10.8 Å². The summed E-state index contributed by atoms with van der Waals surface area (Å²) < 4.78 is 5.32. The van der Waals surface area contributed by atoms with Gasteiger partial charge in [-0.3, -0.25) is 0 Å². The Morgan fingerprint density at radius 2 is 1.88 bits per heavy atom. The molecular formula is C14H25NO. The lowest BCUT2D eigenvalue weighted by molar-refractivity contribution is -0.106. The largest absolute Gasteiger partial charge is 0.380 e. The lowest BCUT2D eigenvalue weighted by Gasteiger charge is -2.54. The van der Waals surface area contributed by atoms with Crippen LogP contribution in [0.4, 0.5) is 0 Å². The first-order valence-corrected chi connectivity index (χ1v) is 7.04. The average molecular weight is 223 g/mol. The normalized spacial score (nSPS) is 35.4. The number of hydrogen-bond donors (Lipinski definition) is 1. The maximum absolute atomic E-state index is 5.32. The highest BCUT2D eigenvalue weighted by atomic mass is 16.5. The van der Waals surface area contributed by atoms with Crippen molar-refractivity contribution >= 4 is 0 Å². The Bertz CT molecular complexity index is 253. The first-order valence-electron chi connectivity index (χ1n) is 7.04. The Morgan fingerprint density at radius 1 is 1.12 bits per heavy atom. The van der Waals surface area contributed by atoms with Crippen LogP contribution in [0.3, 0.4) is 0 Å². The minimum Gasteiger partial charge on any atom is -0.380 e. The van der Waals surface area contributed by atoms with Gasteiger partial charge in [0.1, 0.15) is 0 Å². The van der Waals surface area contributed by atoms with Crippen molar-refractivity contribution in [2.75, 3.05) is 19.8 Å². The second kappa shape index (κ2) is 3.99. The second-order valence-electron chi connectivity index (χ2n) is 6.70. The summed E-state index contributed by atoms with van der Waals surface area (Å²) in [4.78, 5) is 0. The maximum atomic E-state index is 5.32. The quantitative estimate of drug-likeness (QED) is 0.794. The fraction of sp³-hybridized carbons (Fsp3) is 1.00. The van der Waals surface area contributed by atoms with Gasteiger partial charge in [0.15, 0.2) is 0 Å². The highest BCUT2D eigenvalue weighted by Gasteiger charge is 2.47. The fourth-order valence-electron chi connectivity index (χ4n) is 3.79. The Labute approximate surface area is 99.1 Å². The molecule has 16 heavy (non-hydrogen) atoms. The number of ether oxygens (including phenoxy) is 1. The number of rotatable bonds is 3. The molecule has 92 valence electrons. The molecule has 0 amide bonds. The van der Waals surface area contributed by atoms with E-state index in [2.05, 4.69) is 12.2 Å². The number of hydrogen-bond acceptors (Lipinski definition) is 2. The lowest BCUT2D eigenvalue weighted by Crippen LogP contribution is -2.58. The van der Waals surface area contributed by atoms with Crippen LogP contribution < -0.4 is 5.32 Å². The Hall–Kier alpha value is -0.0800. The van der Waals surface area contributed by atoms with Gasteiger partial charge in [0.05, 0.1) is 13.2 Å². The molecular weight excluding hydrogens is 198 g/mol. The smallest absolute Gasteiger partial charge is 0.0554 e. The number of nitrogens with one attached hydrogen (secondary N) is 1. The van der Waals surface area contributed by atoms with Gasteiger partial charge in [-0.15, -0.1) is 0 Å². The predicted molar refractivity (Wildman–Crippen MR) is 65.5 cm³/mol. The highest BCUT2D eigenvalue weighted by molar-refractivity contribution is 5.02. The molecule has 0 bridgehead atoms. The minimum absolute atomic E-state index is 0.436.